The lowest BCUT2D eigenvalue weighted by molar-refractivity contribution is -0.144. The van der Waals surface area contributed by atoms with Crippen molar-refractivity contribution in [1.29, 1.82) is 0 Å². The van der Waals surface area contributed by atoms with E-state index in [1.807, 2.05) is 6.92 Å². The summed E-state index contributed by atoms with van der Waals surface area (Å²) in [5.41, 5.74) is 0. The molecule has 8 heteroatoms. The van der Waals surface area contributed by atoms with Crippen LogP contribution in [0.4, 0.5) is 24.8 Å². The first-order valence-corrected chi connectivity index (χ1v) is 6.48. The van der Waals surface area contributed by atoms with E-state index in [1.54, 1.807) is 6.92 Å². The second-order valence-electron chi connectivity index (χ2n) is 4.27. The first-order valence-electron chi connectivity index (χ1n) is 6.48. The summed E-state index contributed by atoms with van der Waals surface area (Å²) in [7, 11) is 0. The third-order valence-electron chi connectivity index (χ3n) is 2.59. The average molecular weight is 292 g/mol. The highest BCUT2D eigenvalue weighted by molar-refractivity contribution is 5.47. The standard InChI is InChI=1S/C12H19F3N4O/c1-3-8(20)5-6-17-10-7-9(16-4-2)18-11(19-10)12(13,14)15/h7-8,20H,3-6H2,1-2H3,(H2,16,17,18,19). The fourth-order valence-corrected chi connectivity index (χ4v) is 1.51. The van der Waals surface area contributed by atoms with Crippen LogP contribution in [0.3, 0.4) is 0 Å². The van der Waals surface area contributed by atoms with Crippen LogP contribution in [0.5, 0.6) is 0 Å². The molecule has 0 amide bonds. The van der Waals surface area contributed by atoms with Gasteiger partial charge in [0.1, 0.15) is 11.6 Å². The highest BCUT2D eigenvalue weighted by atomic mass is 19.4. The maximum atomic E-state index is 12.7. The van der Waals surface area contributed by atoms with Crippen molar-refractivity contribution >= 4 is 11.6 Å². The van der Waals surface area contributed by atoms with Crippen LogP contribution >= 0.6 is 0 Å². The van der Waals surface area contributed by atoms with Crippen LogP contribution < -0.4 is 10.6 Å². The van der Waals surface area contributed by atoms with E-state index in [0.717, 1.165) is 0 Å². The Hall–Kier alpha value is -1.57. The van der Waals surface area contributed by atoms with Crippen LogP contribution in [-0.2, 0) is 6.18 Å². The zero-order valence-corrected chi connectivity index (χ0v) is 11.5. The molecular formula is C12H19F3N4O. The van der Waals surface area contributed by atoms with Crippen molar-refractivity contribution in [3.8, 4) is 0 Å². The molecule has 3 N–H and O–H groups in total. The van der Waals surface area contributed by atoms with Gasteiger partial charge in [0.15, 0.2) is 0 Å². The molecule has 20 heavy (non-hydrogen) atoms. The number of aliphatic hydroxyl groups excluding tert-OH is 1. The zero-order valence-electron chi connectivity index (χ0n) is 11.5. The van der Waals surface area contributed by atoms with Gasteiger partial charge in [-0.15, -0.1) is 0 Å². The van der Waals surface area contributed by atoms with Crippen LogP contribution in [-0.4, -0.2) is 34.3 Å². The maximum absolute atomic E-state index is 12.7. The Morgan fingerprint density at radius 3 is 2.30 bits per heavy atom. The van der Waals surface area contributed by atoms with Gasteiger partial charge in [0.05, 0.1) is 6.10 Å². The van der Waals surface area contributed by atoms with E-state index in [4.69, 9.17) is 0 Å². The fourth-order valence-electron chi connectivity index (χ4n) is 1.51. The molecule has 0 saturated carbocycles. The molecule has 0 aliphatic rings. The molecule has 0 aliphatic carbocycles. The van der Waals surface area contributed by atoms with Gasteiger partial charge in [-0.25, -0.2) is 9.97 Å². The number of halogens is 3. The van der Waals surface area contributed by atoms with E-state index >= 15 is 0 Å². The van der Waals surface area contributed by atoms with E-state index < -0.39 is 18.1 Å². The Labute approximate surface area is 115 Å². The highest BCUT2D eigenvalue weighted by Crippen LogP contribution is 2.28. The van der Waals surface area contributed by atoms with Crippen molar-refractivity contribution in [3.05, 3.63) is 11.9 Å². The number of rotatable bonds is 7. The Morgan fingerprint density at radius 1 is 1.20 bits per heavy atom. The molecule has 0 spiro atoms. The number of alkyl halides is 3. The second kappa shape index (κ2) is 7.28. The van der Waals surface area contributed by atoms with Crippen LogP contribution in [0.15, 0.2) is 6.07 Å². The van der Waals surface area contributed by atoms with Gasteiger partial charge in [-0.1, -0.05) is 6.92 Å². The summed E-state index contributed by atoms with van der Waals surface area (Å²) in [5.74, 6) is -0.977. The molecule has 1 atom stereocenters. The molecule has 0 fully saturated rings. The molecule has 0 aromatic carbocycles. The van der Waals surface area contributed by atoms with Crippen LogP contribution in [0.25, 0.3) is 0 Å². The lowest BCUT2D eigenvalue weighted by Crippen LogP contribution is -2.17. The van der Waals surface area contributed by atoms with Gasteiger partial charge in [-0.3, -0.25) is 0 Å². The highest BCUT2D eigenvalue weighted by Gasteiger charge is 2.35. The molecule has 0 bridgehead atoms. The molecule has 1 aromatic heterocycles. The summed E-state index contributed by atoms with van der Waals surface area (Å²) in [6, 6.07) is 1.41. The first-order chi connectivity index (χ1) is 9.36. The minimum Gasteiger partial charge on any atom is -0.393 e. The monoisotopic (exact) mass is 292 g/mol. The fraction of sp³-hybridized carbons (Fsp3) is 0.667. The predicted octanol–water partition coefficient (Wildman–Crippen LogP) is 2.50. The molecule has 0 aliphatic heterocycles. The van der Waals surface area contributed by atoms with E-state index in [9.17, 15) is 18.3 Å². The van der Waals surface area contributed by atoms with Gasteiger partial charge in [0, 0.05) is 19.2 Å². The van der Waals surface area contributed by atoms with Crippen molar-refractivity contribution in [2.75, 3.05) is 23.7 Å². The van der Waals surface area contributed by atoms with E-state index in [2.05, 4.69) is 20.6 Å². The topological polar surface area (TPSA) is 70.1 Å². The quantitative estimate of drug-likeness (QED) is 0.720. The van der Waals surface area contributed by atoms with Crippen molar-refractivity contribution in [2.45, 2.75) is 39.0 Å². The minimum atomic E-state index is -4.59. The van der Waals surface area contributed by atoms with E-state index in [0.29, 0.717) is 25.9 Å². The smallest absolute Gasteiger partial charge is 0.393 e. The first kappa shape index (κ1) is 16.5. The summed E-state index contributed by atoms with van der Waals surface area (Å²) in [5, 5.41) is 14.9. The minimum absolute atomic E-state index is 0.0894. The molecule has 114 valence electrons. The van der Waals surface area contributed by atoms with Crippen molar-refractivity contribution in [3.63, 3.8) is 0 Å². The third-order valence-corrected chi connectivity index (χ3v) is 2.59. The van der Waals surface area contributed by atoms with E-state index in [-0.39, 0.29) is 11.6 Å². The Kier molecular flexibility index (Phi) is 6.00. The molecule has 1 unspecified atom stereocenters. The second-order valence-corrected chi connectivity index (χ2v) is 4.27. The van der Waals surface area contributed by atoms with Gasteiger partial charge in [-0.2, -0.15) is 13.2 Å². The molecule has 1 heterocycles. The van der Waals surface area contributed by atoms with Gasteiger partial charge in [0.25, 0.3) is 0 Å². The third kappa shape index (κ3) is 5.20. The average Bonchev–Trinajstić information content (AvgIpc) is 2.37. The molecule has 0 saturated heterocycles. The Balaban J connectivity index is 2.81. The Bertz CT molecular complexity index is 426. The maximum Gasteiger partial charge on any atom is 0.451 e. The Morgan fingerprint density at radius 2 is 1.80 bits per heavy atom. The lowest BCUT2D eigenvalue weighted by Gasteiger charge is -2.13. The normalized spacial score (nSPS) is 13.1. The van der Waals surface area contributed by atoms with Crippen molar-refractivity contribution < 1.29 is 18.3 Å². The molecule has 0 radical (unpaired) electrons. The van der Waals surface area contributed by atoms with Crippen LogP contribution in [0.1, 0.15) is 32.5 Å². The summed E-state index contributed by atoms with van der Waals surface area (Å²) >= 11 is 0. The molecular weight excluding hydrogens is 273 g/mol. The SMILES string of the molecule is CCNc1cc(NCCC(O)CC)nc(C(F)(F)F)n1. The lowest BCUT2D eigenvalue weighted by atomic mass is 10.2. The number of nitrogens with one attached hydrogen (secondary N) is 2. The number of aliphatic hydroxyl groups is 1. The largest absolute Gasteiger partial charge is 0.451 e. The van der Waals surface area contributed by atoms with Gasteiger partial charge in [0.2, 0.25) is 5.82 Å². The molecule has 1 aromatic rings. The molecule has 5 nitrogen and oxygen atoms in total. The number of hydrogen-bond acceptors (Lipinski definition) is 5. The van der Waals surface area contributed by atoms with Gasteiger partial charge in [-0.05, 0) is 19.8 Å². The van der Waals surface area contributed by atoms with Crippen LogP contribution in [0.2, 0.25) is 0 Å². The summed E-state index contributed by atoms with van der Waals surface area (Å²) in [6.45, 7) is 4.40. The van der Waals surface area contributed by atoms with Crippen LogP contribution in [0, 0.1) is 0 Å². The number of hydrogen-bond donors (Lipinski definition) is 3. The van der Waals surface area contributed by atoms with Gasteiger partial charge < -0.3 is 15.7 Å². The van der Waals surface area contributed by atoms with Crippen molar-refractivity contribution in [2.24, 2.45) is 0 Å². The number of nitrogens with zero attached hydrogens (tertiary/aromatic N) is 2. The van der Waals surface area contributed by atoms with E-state index in [1.165, 1.54) is 6.07 Å². The summed E-state index contributed by atoms with van der Waals surface area (Å²) in [6.07, 6.45) is -4.02. The zero-order chi connectivity index (χ0) is 15.2. The van der Waals surface area contributed by atoms with Crippen molar-refractivity contribution in [1.82, 2.24) is 9.97 Å². The summed E-state index contributed by atoms with van der Waals surface area (Å²) < 4.78 is 38.0. The number of aromatic nitrogens is 2. The summed E-state index contributed by atoms with van der Waals surface area (Å²) in [4.78, 5) is 6.86. The molecule has 1 rings (SSSR count). The predicted molar refractivity (Wildman–Crippen MR) is 70.6 cm³/mol. The number of anilines is 2. The van der Waals surface area contributed by atoms with Gasteiger partial charge >= 0.3 is 6.18 Å².